The molecule has 2 rings (SSSR count). The number of carbonyl (C=O) groups is 3. The van der Waals surface area contributed by atoms with Crippen LogP contribution in [-0.2, 0) is 19.1 Å². The fraction of sp³-hybridized carbons (Fsp3) is 0.526. The van der Waals surface area contributed by atoms with Crippen LogP contribution < -0.4 is 4.74 Å². The molecule has 0 saturated carbocycles. The minimum absolute atomic E-state index is 0.0241. The highest BCUT2D eigenvalue weighted by Gasteiger charge is 2.38. The third-order valence-corrected chi connectivity index (χ3v) is 4.66. The van der Waals surface area contributed by atoms with E-state index >= 15 is 0 Å². The van der Waals surface area contributed by atoms with Crippen molar-refractivity contribution in [3.8, 4) is 5.75 Å². The summed E-state index contributed by atoms with van der Waals surface area (Å²) in [7, 11) is 1.13. The van der Waals surface area contributed by atoms with Crippen molar-refractivity contribution >= 4 is 17.8 Å². The number of Topliss-reactive ketones (excluding diaryl/α,β-unsaturated/α-hetero) is 1. The van der Waals surface area contributed by atoms with Gasteiger partial charge in [-0.15, -0.1) is 13.2 Å². The van der Waals surface area contributed by atoms with Crippen molar-refractivity contribution in [1.82, 2.24) is 4.90 Å². The molecule has 0 spiro atoms. The maximum atomic E-state index is 14.6. The number of ether oxygens (including phenoxy) is 3. The van der Waals surface area contributed by atoms with E-state index in [-0.39, 0.29) is 31.6 Å². The monoisotopic (exact) mass is 435 g/mol. The lowest BCUT2D eigenvalue weighted by Gasteiger charge is -2.38. The quantitative estimate of drug-likeness (QED) is 0.384. The van der Waals surface area contributed by atoms with Crippen molar-refractivity contribution in [2.75, 3.05) is 20.3 Å². The number of amides is 1. The van der Waals surface area contributed by atoms with E-state index in [0.717, 1.165) is 19.2 Å². The van der Waals surface area contributed by atoms with Crippen molar-refractivity contribution in [2.24, 2.45) is 5.92 Å². The average Bonchev–Trinajstić information content (AvgIpc) is 2.66. The SMILES string of the molecule is CCOC(=O)CC(=O)[C@@H]1CCN(C(=O)OC)[C@H](c2ccc(OC(F)(F)F)cc2F)C1. The van der Waals surface area contributed by atoms with Crippen LogP contribution in [0.25, 0.3) is 0 Å². The van der Waals surface area contributed by atoms with Crippen molar-refractivity contribution in [1.29, 1.82) is 0 Å². The van der Waals surface area contributed by atoms with E-state index in [9.17, 15) is 31.9 Å². The van der Waals surface area contributed by atoms with Gasteiger partial charge in [0.05, 0.1) is 19.8 Å². The number of benzene rings is 1. The molecule has 0 radical (unpaired) electrons. The Morgan fingerprint density at radius 3 is 2.50 bits per heavy atom. The summed E-state index contributed by atoms with van der Waals surface area (Å²) >= 11 is 0. The second kappa shape index (κ2) is 9.77. The highest BCUT2D eigenvalue weighted by atomic mass is 19.4. The molecule has 0 unspecified atom stereocenters. The molecule has 1 aliphatic rings. The predicted molar refractivity (Wildman–Crippen MR) is 93.9 cm³/mol. The van der Waals surface area contributed by atoms with Crippen molar-refractivity contribution < 1.29 is 46.2 Å². The molecular formula is C19H21F4NO6. The molecule has 166 valence electrons. The Hall–Kier alpha value is -2.85. The molecule has 7 nitrogen and oxygen atoms in total. The minimum atomic E-state index is -4.98. The molecule has 1 heterocycles. The van der Waals surface area contributed by atoms with Gasteiger partial charge in [-0.3, -0.25) is 9.59 Å². The number of nitrogens with zero attached hydrogens (tertiary/aromatic N) is 1. The van der Waals surface area contributed by atoms with Crippen LogP contribution in [0.5, 0.6) is 5.75 Å². The molecule has 1 aromatic carbocycles. The Kier molecular flexibility index (Phi) is 7.63. The van der Waals surface area contributed by atoms with Gasteiger partial charge >= 0.3 is 18.4 Å². The molecule has 1 fully saturated rings. The fourth-order valence-corrected chi connectivity index (χ4v) is 3.36. The minimum Gasteiger partial charge on any atom is -0.466 e. The van der Waals surface area contributed by atoms with Gasteiger partial charge in [0, 0.05) is 24.1 Å². The zero-order chi connectivity index (χ0) is 22.5. The smallest absolute Gasteiger partial charge is 0.466 e. The molecule has 0 aliphatic carbocycles. The van der Waals surface area contributed by atoms with Crippen LogP contribution in [0.2, 0.25) is 0 Å². The van der Waals surface area contributed by atoms with Gasteiger partial charge in [0.15, 0.2) is 0 Å². The summed E-state index contributed by atoms with van der Waals surface area (Å²) in [6.45, 7) is 1.76. The van der Waals surface area contributed by atoms with Gasteiger partial charge in [-0.25, -0.2) is 9.18 Å². The highest BCUT2D eigenvalue weighted by molar-refractivity contribution is 5.97. The molecule has 1 saturated heterocycles. The van der Waals surface area contributed by atoms with Crippen molar-refractivity contribution in [3.05, 3.63) is 29.6 Å². The first-order valence-corrected chi connectivity index (χ1v) is 9.13. The van der Waals surface area contributed by atoms with E-state index in [0.29, 0.717) is 6.07 Å². The first-order chi connectivity index (χ1) is 14.1. The van der Waals surface area contributed by atoms with E-state index < -0.39 is 54.2 Å². The molecule has 30 heavy (non-hydrogen) atoms. The van der Waals surface area contributed by atoms with E-state index in [4.69, 9.17) is 9.47 Å². The first kappa shape index (κ1) is 23.4. The number of esters is 1. The summed E-state index contributed by atoms with van der Waals surface area (Å²) < 4.78 is 64.8. The number of alkyl halides is 3. The maximum absolute atomic E-state index is 14.6. The second-order valence-corrected chi connectivity index (χ2v) is 6.58. The predicted octanol–water partition coefficient (Wildman–Crippen LogP) is 3.77. The standard InChI is InChI=1S/C19H21F4NO6/c1-3-29-17(26)10-16(25)11-6-7-24(18(27)28-2)15(8-11)13-5-4-12(9-14(13)20)30-19(21,22)23/h4-5,9,11,15H,3,6-8,10H2,1-2H3/t11-,15+/m1/s1. The van der Waals surface area contributed by atoms with E-state index in [1.165, 1.54) is 4.90 Å². The maximum Gasteiger partial charge on any atom is 0.573 e. The number of piperidine rings is 1. The summed E-state index contributed by atoms with van der Waals surface area (Å²) in [5, 5.41) is 0. The average molecular weight is 435 g/mol. The van der Waals surface area contributed by atoms with Gasteiger partial charge in [-0.05, 0) is 25.8 Å². The van der Waals surface area contributed by atoms with Crippen LogP contribution in [0.4, 0.5) is 22.4 Å². The molecule has 0 N–H and O–H groups in total. The highest BCUT2D eigenvalue weighted by Crippen LogP contribution is 2.38. The lowest BCUT2D eigenvalue weighted by Crippen LogP contribution is -2.43. The number of ketones is 1. The number of hydrogen-bond acceptors (Lipinski definition) is 6. The van der Waals surface area contributed by atoms with Gasteiger partial charge < -0.3 is 19.1 Å². The zero-order valence-electron chi connectivity index (χ0n) is 16.3. The molecule has 1 amide bonds. The Balaban J connectivity index is 2.26. The van der Waals surface area contributed by atoms with Crippen molar-refractivity contribution in [2.45, 2.75) is 38.6 Å². The summed E-state index contributed by atoms with van der Waals surface area (Å²) in [6.07, 6.45) is -6.01. The molecule has 1 aromatic rings. The Labute approximate surface area is 169 Å². The van der Waals surface area contributed by atoms with Gasteiger partial charge in [-0.1, -0.05) is 6.07 Å². The molecule has 11 heteroatoms. The van der Waals surface area contributed by atoms with Crippen molar-refractivity contribution in [3.63, 3.8) is 0 Å². The Morgan fingerprint density at radius 1 is 1.23 bits per heavy atom. The topological polar surface area (TPSA) is 82.1 Å². The second-order valence-electron chi connectivity index (χ2n) is 6.58. The van der Waals surface area contributed by atoms with Crippen LogP contribution in [-0.4, -0.2) is 49.4 Å². The number of likely N-dealkylation sites (tertiary alicyclic amines) is 1. The van der Waals surface area contributed by atoms with Gasteiger partial charge in [0.1, 0.15) is 23.8 Å². The van der Waals surface area contributed by atoms with Crippen LogP contribution in [0.3, 0.4) is 0 Å². The lowest BCUT2D eigenvalue weighted by atomic mass is 9.83. The Morgan fingerprint density at radius 2 is 1.93 bits per heavy atom. The third-order valence-electron chi connectivity index (χ3n) is 4.66. The molecule has 0 bridgehead atoms. The zero-order valence-corrected chi connectivity index (χ0v) is 16.3. The van der Waals surface area contributed by atoms with E-state index in [1.807, 2.05) is 0 Å². The van der Waals surface area contributed by atoms with E-state index in [1.54, 1.807) is 6.92 Å². The van der Waals surface area contributed by atoms with Gasteiger partial charge in [0.2, 0.25) is 0 Å². The first-order valence-electron chi connectivity index (χ1n) is 9.13. The summed E-state index contributed by atoms with van der Waals surface area (Å²) in [6, 6.07) is 1.57. The van der Waals surface area contributed by atoms with Crippen LogP contribution in [0, 0.1) is 11.7 Å². The van der Waals surface area contributed by atoms with Crippen LogP contribution >= 0.6 is 0 Å². The normalized spacial score (nSPS) is 19.2. The van der Waals surface area contributed by atoms with Gasteiger partial charge in [-0.2, -0.15) is 0 Å². The number of carbonyl (C=O) groups excluding carboxylic acids is 3. The molecule has 0 aromatic heterocycles. The number of halogens is 4. The van der Waals surface area contributed by atoms with Crippen LogP contribution in [0.1, 0.15) is 37.8 Å². The number of methoxy groups -OCH3 is 1. The molecular weight excluding hydrogens is 414 g/mol. The fourth-order valence-electron chi connectivity index (χ4n) is 3.36. The summed E-state index contributed by atoms with van der Waals surface area (Å²) in [4.78, 5) is 37.3. The largest absolute Gasteiger partial charge is 0.573 e. The summed E-state index contributed by atoms with van der Waals surface area (Å²) in [5.74, 6) is -3.55. The third kappa shape index (κ3) is 6.07. The number of rotatable bonds is 6. The summed E-state index contributed by atoms with van der Waals surface area (Å²) in [5.41, 5.74) is -0.0939. The lowest BCUT2D eigenvalue weighted by molar-refractivity contribution is -0.274. The van der Waals surface area contributed by atoms with E-state index in [2.05, 4.69) is 4.74 Å². The number of hydrogen-bond donors (Lipinski definition) is 0. The van der Waals surface area contributed by atoms with Gasteiger partial charge in [0.25, 0.3) is 0 Å². The van der Waals surface area contributed by atoms with Crippen LogP contribution in [0.15, 0.2) is 18.2 Å². The molecule has 1 aliphatic heterocycles. The Bertz CT molecular complexity index is 798. The molecule has 2 atom stereocenters.